The van der Waals surface area contributed by atoms with Crippen molar-refractivity contribution in [1.29, 1.82) is 0 Å². The Bertz CT molecular complexity index is 744. The zero-order chi connectivity index (χ0) is 14.5. The van der Waals surface area contributed by atoms with Crippen molar-refractivity contribution in [3.8, 4) is 0 Å². The molecule has 2 heterocycles. The molecule has 0 atom stereocenters. The molecular weight excluding hydrogens is 302 g/mol. The average Bonchev–Trinajstić information content (AvgIpc) is 3.00. The topological polar surface area (TPSA) is 54.9 Å². The van der Waals surface area contributed by atoms with Gasteiger partial charge < -0.3 is 5.32 Å². The van der Waals surface area contributed by atoms with Crippen LogP contribution in [0.2, 0.25) is 0 Å². The van der Waals surface area contributed by atoms with Crippen molar-refractivity contribution in [2.75, 3.05) is 11.1 Å². The number of rotatable bonds is 5. The van der Waals surface area contributed by atoms with Crippen molar-refractivity contribution < 1.29 is 4.79 Å². The summed E-state index contributed by atoms with van der Waals surface area (Å²) >= 11 is 3.01. The van der Waals surface area contributed by atoms with E-state index in [4.69, 9.17) is 0 Å². The van der Waals surface area contributed by atoms with Gasteiger partial charge in [-0.3, -0.25) is 4.79 Å². The number of hydrogen-bond acceptors (Lipinski definition) is 5. The molecule has 0 unspecified atom stereocenters. The number of amides is 1. The fourth-order valence-electron chi connectivity index (χ4n) is 1.84. The van der Waals surface area contributed by atoms with Crippen LogP contribution in [0.25, 0.3) is 10.9 Å². The summed E-state index contributed by atoms with van der Waals surface area (Å²) < 4.78 is 0. The van der Waals surface area contributed by atoms with Crippen molar-refractivity contribution in [3.63, 3.8) is 0 Å². The number of aromatic nitrogens is 2. The molecule has 0 saturated carbocycles. The van der Waals surface area contributed by atoms with E-state index in [2.05, 4.69) is 21.4 Å². The number of thiazole rings is 1. The van der Waals surface area contributed by atoms with E-state index >= 15 is 0 Å². The molecule has 0 saturated heterocycles. The minimum Gasteiger partial charge on any atom is -0.302 e. The van der Waals surface area contributed by atoms with Gasteiger partial charge in [0.1, 0.15) is 0 Å². The highest BCUT2D eigenvalue weighted by Gasteiger charge is 2.05. The molecule has 0 bridgehead atoms. The van der Waals surface area contributed by atoms with Crippen LogP contribution in [0, 0.1) is 0 Å². The third-order valence-corrected chi connectivity index (χ3v) is 4.45. The number of anilines is 1. The van der Waals surface area contributed by atoms with Crippen LogP contribution >= 0.6 is 23.1 Å². The summed E-state index contributed by atoms with van der Waals surface area (Å²) in [5, 5.41) is 7.32. The maximum Gasteiger partial charge on any atom is 0.226 e. The quantitative estimate of drug-likeness (QED) is 0.727. The standard InChI is InChI=1S/C15H13N3OS2/c19-13(18-15-16-8-10-21-15)7-9-20-14-6-5-11-3-1-2-4-12(11)17-14/h1-6,8,10H,7,9H2,(H,16,18,19). The first-order valence-electron chi connectivity index (χ1n) is 6.49. The molecule has 106 valence electrons. The molecule has 1 amide bonds. The molecule has 3 aromatic rings. The van der Waals surface area contributed by atoms with Gasteiger partial charge in [0.25, 0.3) is 0 Å². The van der Waals surface area contributed by atoms with Gasteiger partial charge in [0, 0.05) is 29.1 Å². The fourth-order valence-corrected chi connectivity index (χ4v) is 3.21. The normalized spacial score (nSPS) is 10.7. The van der Waals surface area contributed by atoms with E-state index < -0.39 is 0 Å². The van der Waals surface area contributed by atoms with Crippen LogP contribution in [0.5, 0.6) is 0 Å². The summed E-state index contributed by atoms with van der Waals surface area (Å²) in [6.45, 7) is 0. The first kappa shape index (κ1) is 14.0. The fraction of sp³-hybridized carbons (Fsp3) is 0.133. The minimum atomic E-state index is -0.0155. The number of pyridine rings is 1. The summed E-state index contributed by atoms with van der Waals surface area (Å²) in [6, 6.07) is 12.1. The summed E-state index contributed by atoms with van der Waals surface area (Å²) in [5.74, 6) is 0.681. The molecule has 0 spiro atoms. The van der Waals surface area contributed by atoms with Gasteiger partial charge in [0.05, 0.1) is 10.5 Å². The summed E-state index contributed by atoms with van der Waals surface area (Å²) in [4.78, 5) is 20.3. The number of fused-ring (bicyclic) bond motifs is 1. The molecule has 4 nitrogen and oxygen atoms in total. The van der Waals surface area contributed by atoms with Crippen molar-refractivity contribution in [1.82, 2.24) is 9.97 Å². The van der Waals surface area contributed by atoms with Crippen LogP contribution in [-0.2, 0) is 4.79 Å². The lowest BCUT2D eigenvalue weighted by Crippen LogP contribution is -2.11. The number of carbonyl (C=O) groups is 1. The third-order valence-electron chi connectivity index (χ3n) is 2.83. The van der Waals surface area contributed by atoms with Crippen LogP contribution in [0.4, 0.5) is 5.13 Å². The first-order valence-corrected chi connectivity index (χ1v) is 8.36. The molecule has 0 radical (unpaired) electrons. The number of hydrogen-bond donors (Lipinski definition) is 1. The highest BCUT2D eigenvalue weighted by molar-refractivity contribution is 7.99. The summed E-state index contributed by atoms with van der Waals surface area (Å²) in [5.41, 5.74) is 0.981. The van der Waals surface area contributed by atoms with Crippen LogP contribution in [0.3, 0.4) is 0 Å². The maximum absolute atomic E-state index is 11.7. The number of benzene rings is 1. The van der Waals surface area contributed by atoms with Gasteiger partial charge in [0.2, 0.25) is 5.91 Å². The molecular formula is C15H13N3OS2. The Hall–Kier alpha value is -1.92. The second-order valence-corrected chi connectivity index (χ2v) is 6.34. The second-order valence-electron chi connectivity index (χ2n) is 4.33. The van der Waals surface area contributed by atoms with Crippen molar-refractivity contribution in [2.45, 2.75) is 11.4 Å². The van der Waals surface area contributed by atoms with E-state index in [-0.39, 0.29) is 5.91 Å². The first-order chi connectivity index (χ1) is 10.3. The SMILES string of the molecule is O=C(CCSc1ccc2ccccc2n1)Nc1nccs1. The zero-order valence-electron chi connectivity index (χ0n) is 11.2. The lowest BCUT2D eigenvalue weighted by atomic mass is 10.2. The van der Waals surface area contributed by atoms with Crippen LogP contribution in [-0.4, -0.2) is 21.6 Å². The highest BCUT2D eigenvalue weighted by atomic mass is 32.2. The van der Waals surface area contributed by atoms with Gasteiger partial charge in [-0.25, -0.2) is 9.97 Å². The van der Waals surface area contributed by atoms with Crippen molar-refractivity contribution >= 4 is 45.0 Å². The number of thioether (sulfide) groups is 1. The Kier molecular flexibility index (Phi) is 4.47. The molecule has 3 rings (SSSR count). The predicted octanol–water partition coefficient (Wildman–Crippen LogP) is 3.81. The molecule has 0 aliphatic carbocycles. The Morgan fingerprint density at radius 1 is 1.24 bits per heavy atom. The molecule has 0 aliphatic rings. The lowest BCUT2D eigenvalue weighted by molar-refractivity contribution is -0.115. The number of nitrogens with one attached hydrogen (secondary N) is 1. The monoisotopic (exact) mass is 315 g/mol. The average molecular weight is 315 g/mol. The van der Waals surface area contributed by atoms with Crippen molar-refractivity contribution in [2.24, 2.45) is 0 Å². The summed E-state index contributed by atoms with van der Waals surface area (Å²) in [6.07, 6.45) is 2.12. The molecule has 0 fully saturated rings. The Morgan fingerprint density at radius 3 is 3.00 bits per heavy atom. The van der Waals surface area contributed by atoms with Crippen molar-refractivity contribution in [3.05, 3.63) is 48.0 Å². The number of nitrogens with zero attached hydrogens (tertiary/aromatic N) is 2. The largest absolute Gasteiger partial charge is 0.302 e. The molecule has 21 heavy (non-hydrogen) atoms. The third kappa shape index (κ3) is 3.80. The minimum absolute atomic E-state index is 0.0155. The van der Waals surface area contributed by atoms with Crippen LogP contribution in [0.1, 0.15) is 6.42 Å². The van der Waals surface area contributed by atoms with E-state index in [9.17, 15) is 4.79 Å². The number of para-hydroxylation sites is 1. The Morgan fingerprint density at radius 2 is 2.14 bits per heavy atom. The molecule has 6 heteroatoms. The Labute approximate surface area is 130 Å². The molecule has 2 aromatic heterocycles. The van der Waals surface area contributed by atoms with Gasteiger partial charge in [0.15, 0.2) is 5.13 Å². The van der Waals surface area contributed by atoms with Gasteiger partial charge >= 0.3 is 0 Å². The number of carbonyl (C=O) groups excluding carboxylic acids is 1. The van der Waals surface area contributed by atoms with Gasteiger partial charge in [-0.05, 0) is 12.1 Å². The van der Waals surface area contributed by atoms with E-state index in [1.807, 2.05) is 35.7 Å². The van der Waals surface area contributed by atoms with E-state index in [1.54, 1.807) is 18.0 Å². The van der Waals surface area contributed by atoms with Crippen LogP contribution < -0.4 is 5.32 Å². The molecule has 1 aromatic carbocycles. The van der Waals surface area contributed by atoms with E-state index in [1.165, 1.54) is 11.3 Å². The van der Waals surface area contributed by atoms with Gasteiger partial charge in [-0.15, -0.1) is 23.1 Å². The molecule has 1 N–H and O–H groups in total. The highest BCUT2D eigenvalue weighted by Crippen LogP contribution is 2.20. The smallest absolute Gasteiger partial charge is 0.226 e. The zero-order valence-corrected chi connectivity index (χ0v) is 12.8. The second kappa shape index (κ2) is 6.69. The van der Waals surface area contributed by atoms with E-state index in [0.29, 0.717) is 17.3 Å². The predicted molar refractivity (Wildman–Crippen MR) is 87.8 cm³/mol. The molecule has 0 aliphatic heterocycles. The Balaban J connectivity index is 1.53. The van der Waals surface area contributed by atoms with Gasteiger partial charge in [-0.1, -0.05) is 24.3 Å². The summed E-state index contributed by atoms with van der Waals surface area (Å²) in [7, 11) is 0. The maximum atomic E-state index is 11.7. The van der Waals surface area contributed by atoms with E-state index in [0.717, 1.165) is 15.9 Å². The lowest BCUT2D eigenvalue weighted by Gasteiger charge is -2.03. The van der Waals surface area contributed by atoms with Gasteiger partial charge in [-0.2, -0.15) is 0 Å². The van der Waals surface area contributed by atoms with Crippen LogP contribution in [0.15, 0.2) is 53.0 Å².